The number of carbonyl (C=O) groups excluding carboxylic acids is 2. The number of amides is 1. The Hall–Kier alpha value is -3.98. The first kappa shape index (κ1) is 24.7. The van der Waals surface area contributed by atoms with Crippen LogP contribution in [0.25, 0.3) is 10.6 Å². The summed E-state index contributed by atoms with van der Waals surface area (Å²) >= 11 is 1.65. The SMILES string of the molecule is CC(=O)c1ccc(N2CCN(c3nc(-c4cc(C)cs4)ccc3C(=O)NCc3cc(C)no3)CC2)cc1. The highest BCUT2D eigenvalue weighted by molar-refractivity contribution is 7.13. The lowest BCUT2D eigenvalue weighted by Crippen LogP contribution is -2.47. The van der Waals surface area contributed by atoms with Gasteiger partial charge in [-0.2, -0.15) is 0 Å². The van der Waals surface area contributed by atoms with Crippen LogP contribution in [0, 0.1) is 13.8 Å². The molecule has 0 saturated carbocycles. The van der Waals surface area contributed by atoms with E-state index in [4.69, 9.17) is 9.51 Å². The van der Waals surface area contributed by atoms with E-state index in [1.165, 1.54) is 5.56 Å². The summed E-state index contributed by atoms with van der Waals surface area (Å²) < 4.78 is 5.24. The molecule has 1 fully saturated rings. The Kier molecular flexibility index (Phi) is 7.05. The van der Waals surface area contributed by atoms with Crippen molar-refractivity contribution in [3.8, 4) is 10.6 Å². The van der Waals surface area contributed by atoms with Gasteiger partial charge in [0.25, 0.3) is 5.91 Å². The number of anilines is 2. The molecule has 8 nitrogen and oxygen atoms in total. The largest absolute Gasteiger partial charge is 0.368 e. The minimum absolute atomic E-state index is 0.0625. The summed E-state index contributed by atoms with van der Waals surface area (Å²) in [4.78, 5) is 35.4. The zero-order chi connectivity index (χ0) is 25.9. The van der Waals surface area contributed by atoms with E-state index in [1.54, 1.807) is 18.3 Å². The van der Waals surface area contributed by atoms with Crippen LogP contribution >= 0.6 is 11.3 Å². The number of nitrogens with one attached hydrogen (secondary N) is 1. The quantitative estimate of drug-likeness (QED) is 0.351. The summed E-state index contributed by atoms with van der Waals surface area (Å²) in [6, 6.07) is 15.4. The topological polar surface area (TPSA) is 91.6 Å². The van der Waals surface area contributed by atoms with Gasteiger partial charge in [0.15, 0.2) is 11.5 Å². The van der Waals surface area contributed by atoms with Crippen LogP contribution in [0.5, 0.6) is 0 Å². The predicted octanol–water partition coefficient (Wildman–Crippen LogP) is 4.87. The highest BCUT2D eigenvalue weighted by Crippen LogP contribution is 2.30. The lowest BCUT2D eigenvalue weighted by molar-refractivity contribution is 0.0946. The Morgan fingerprint density at radius 3 is 2.35 bits per heavy atom. The number of rotatable bonds is 7. The second kappa shape index (κ2) is 10.6. The zero-order valence-corrected chi connectivity index (χ0v) is 22.0. The number of hydrogen-bond acceptors (Lipinski definition) is 8. The van der Waals surface area contributed by atoms with E-state index in [9.17, 15) is 9.59 Å². The summed E-state index contributed by atoms with van der Waals surface area (Å²) in [6.07, 6.45) is 0. The van der Waals surface area contributed by atoms with Crippen LogP contribution in [0.1, 0.15) is 44.7 Å². The van der Waals surface area contributed by atoms with Gasteiger partial charge in [-0.05, 0) is 74.2 Å². The second-order valence-corrected chi connectivity index (χ2v) is 10.2. The van der Waals surface area contributed by atoms with Gasteiger partial charge in [-0.25, -0.2) is 4.98 Å². The van der Waals surface area contributed by atoms with Gasteiger partial charge in [0.05, 0.1) is 28.4 Å². The number of Topliss-reactive ketones (excluding diaryl/α,β-unsaturated/α-hetero) is 1. The van der Waals surface area contributed by atoms with Crippen molar-refractivity contribution in [2.45, 2.75) is 27.3 Å². The normalized spacial score (nSPS) is 13.6. The molecule has 190 valence electrons. The third kappa shape index (κ3) is 5.56. The molecule has 0 radical (unpaired) electrons. The van der Waals surface area contributed by atoms with Gasteiger partial charge in [-0.15, -0.1) is 11.3 Å². The zero-order valence-electron chi connectivity index (χ0n) is 21.2. The van der Waals surface area contributed by atoms with E-state index in [-0.39, 0.29) is 18.2 Å². The number of aryl methyl sites for hydroxylation is 2. The van der Waals surface area contributed by atoms with Crippen LogP contribution in [0.2, 0.25) is 0 Å². The van der Waals surface area contributed by atoms with Gasteiger partial charge in [-0.3, -0.25) is 9.59 Å². The summed E-state index contributed by atoms with van der Waals surface area (Å²) in [6.45, 7) is 8.74. The van der Waals surface area contributed by atoms with E-state index in [1.807, 2.05) is 49.4 Å². The highest BCUT2D eigenvalue weighted by atomic mass is 32.1. The van der Waals surface area contributed by atoms with Gasteiger partial charge < -0.3 is 19.6 Å². The molecule has 9 heteroatoms. The molecule has 0 bridgehead atoms. The van der Waals surface area contributed by atoms with Gasteiger partial charge in [0, 0.05) is 43.5 Å². The van der Waals surface area contributed by atoms with Crippen molar-refractivity contribution in [2.24, 2.45) is 0 Å². The van der Waals surface area contributed by atoms with Crippen LogP contribution in [-0.2, 0) is 6.54 Å². The molecule has 3 aromatic heterocycles. The smallest absolute Gasteiger partial charge is 0.255 e. The summed E-state index contributed by atoms with van der Waals surface area (Å²) in [5.74, 6) is 1.15. The van der Waals surface area contributed by atoms with Crippen LogP contribution in [0.3, 0.4) is 0 Å². The van der Waals surface area contributed by atoms with Crippen molar-refractivity contribution in [2.75, 3.05) is 36.0 Å². The molecule has 0 atom stereocenters. The van der Waals surface area contributed by atoms with Gasteiger partial charge >= 0.3 is 0 Å². The number of thiophene rings is 1. The average molecular weight is 516 g/mol. The van der Waals surface area contributed by atoms with Crippen molar-refractivity contribution in [1.82, 2.24) is 15.5 Å². The maximum Gasteiger partial charge on any atom is 0.255 e. The predicted molar refractivity (Wildman–Crippen MR) is 146 cm³/mol. The first-order chi connectivity index (χ1) is 17.9. The van der Waals surface area contributed by atoms with Crippen molar-refractivity contribution in [3.63, 3.8) is 0 Å². The maximum atomic E-state index is 13.2. The van der Waals surface area contributed by atoms with E-state index in [2.05, 4.69) is 38.6 Å². The maximum absolute atomic E-state index is 13.2. The standard InChI is InChI=1S/C28H29N5O3S/c1-18-14-26(37-17-18)25-9-8-24(28(35)29-16-23-15-19(2)31-36-23)27(30-25)33-12-10-32(11-13-33)22-6-4-21(5-7-22)20(3)34/h4-9,14-15,17H,10-13,16H2,1-3H3,(H,29,35). The Balaban J connectivity index is 1.36. The Bertz CT molecular complexity index is 1420. The first-order valence-electron chi connectivity index (χ1n) is 12.3. The summed E-state index contributed by atoms with van der Waals surface area (Å²) in [7, 11) is 0. The molecular weight excluding hydrogens is 486 g/mol. The number of aromatic nitrogens is 2. The average Bonchev–Trinajstić information content (AvgIpc) is 3.55. The number of carbonyl (C=O) groups is 2. The summed E-state index contributed by atoms with van der Waals surface area (Å²) in [5.41, 5.74) is 5.15. The fraction of sp³-hybridized carbons (Fsp3) is 0.286. The third-order valence-corrected chi connectivity index (χ3v) is 7.49. The molecule has 1 saturated heterocycles. The van der Waals surface area contributed by atoms with Gasteiger partial charge in [-0.1, -0.05) is 5.16 Å². The fourth-order valence-electron chi connectivity index (χ4n) is 4.42. The number of benzene rings is 1. The van der Waals surface area contributed by atoms with Crippen molar-refractivity contribution in [3.05, 3.63) is 82.1 Å². The Labute approximate surface area is 219 Å². The number of nitrogens with zero attached hydrogens (tertiary/aromatic N) is 4. The number of pyridine rings is 1. The van der Waals surface area contributed by atoms with E-state index < -0.39 is 0 Å². The van der Waals surface area contributed by atoms with Crippen LogP contribution < -0.4 is 15.1 Å². The van der Waals surface area contributed by atoms with Crippen LogP contribution in [0.15, 0.2) is 58.4 Å². The van der Waals surface area contributed by atoms with Crippen molar-refractivity contribution < 1.29 is 14.1 Å². The molecule has 1 aromatic carbocycles. The molecule has 4 heterocycles. The molecule has 0 aliphatic carbocycles. The monoisotopic (exact) mass is 515 g/mol. The van der Waals surface area contributed by atoms with E-state index in [0.29, 0.717) is 22.7 Å². The molecule has 1 N–H and O–H groups in total. The minimum Gasteiger partial charge on any atom is -0.368 e. The summed E-state index contributed by atoms with van der Waals surface area (Å²) in [5, 5.41) is 8.93. The second-order valence-electron chi connectivity index (χ2n) is 9.25. The molecule has 37 heavy (non-hydrogen) atoms. The van der Waals surface area contributed by atoms with Crippen molar-refractivity contribution in [1.29, 1.82) is 0 Å². The molecule has 1 aliphatic rings. The number of ketones is 1. The third-order valence-electron chi connectivity index (χ3n) is 6.42. The van der Waals surface area contributed by atoms with Crippen molar-refractivity contribution >= 4 is 34.5 Å². The lowest BCUT2D eigenvalue weighted by atomic mass is 10.1. The van der Waals surface area contributed by atoms with E-state index >= 15 is 0 Å². The highest BCUT2D eigenvalue weighted by Gasteiger charge is 2.24. The number of hydrogen-bond donors (Lipinski definition) is 1. The molecule has 5 rings (SSSR count). The Morgan fingerprint density at radius 1 is 1.00 bits per heavy atom. The molecule has 1 aliphatic heterocycles. The molecule has 0 spiro atoms. The fourth-order valence-corrected chi connectivity index (χ4v) is 5.28. The number of piperazine rings is 1. The molecular formula is C28H29N5O3S. The minimum atomic E-state index is -0.201. The molecule has 0 unspecified atom stereocenters. The molecule has 4 aromatic rings. The van der Waals surface area contributed by atoms with Gasteiger partial charge in [0.2, 0.25) is 0 Å². The molecule has 1 amide bonds. The first-order valence-corrected chi connectivity index (χ1v) is 13.1. The van der Waals surface area contributed by atoms with E-state index in [0.717, 1.165) is 48.1 Å². The Morgan fingerprint density at radius 2 is 1.73 bits per heavy atom. The lowest BCUT2D eigenvalue weighted by Gasteiger charge is -2.37. The van der Waals surface area contributed by atoms with Crippen LogP contribution in [-0.4, -0.2) is 48.0 Å². The van der Waals surface area contributed by atoms with Crippen LogP contribution in [0.4, 0.5) is 11.5 Å². The van der Waals surface area contributed by atoms with Gasteiger partial charge in [0.1, 0.15) is 5.82 Å².